The molecule has 2 N–H and O–H groups in total. The highest BCUT2D eigenvalue weighted by atomic mass is 16.5. The Balaban J connectivity index is 1.67. The second-order valence-corrected chi connectivity index (χ2v) is 6.68. The molecule has 3 rings (SSSR count). The summed E-state index contributed by atoms with van der Waals surface area (Å²) < 4.78 is 4.67. The number of carbonyl (C=O) groups excluding carboxylic acids is 2. The average molecular weight is 390 g/mol. The molecule has 2 aromatic carbocycles. The number of para-hydroxylation sites is 1. The molecule has 0 aliphatic rings. The molecule has 1 heterocycles. The number of nitrogens with zero attached hydrogens (tertiary/aromatic N) is 2. The number of esters is 1. The Labute approximate surface area is 169 Å². The Morgan fingerprint density at radius 1 is 0.966 bits per heavy atom. The predicted octanol–water partition coefficient (Wildman–Crippen LogP) is 4.38. The van der Waals surface area contributed by atoms with Crippen LogP contribution in [-0.2, 0) is 4.74 Å². The van der Waals surface area contributed by atoms with Crippen molar-refractivity contribution < 1.29 is 14.3 Å². The van der Waals surface area contributed by atoms with Crippen LogP contribution in [-0.4, -0.2) is 29.0 Å². The summed E-state index contributed by atoms with van der Waals surface area (Å²) in [7, 11) is 1.34. The van der Waals surface area contributed by atoms with Crippen LogP contribution in [0.2, 0.25) is 0 Å². The van der Waals surface area contributed by atoms with Gasteiger partial charge in [0.05, 0.1) is 25.1 Å². The second kappa shape index (κ2) is 8.97. The highest BCUT2D eigenvalue weighted by Gasteiger charge is 2.12. The number of nitrogens with one attached hydrogen (secondary N) is 2. The third kappa shape index (κ3) is 4.95. The van der Waals surface area contributed by atoms with E-state index in [1.54, 1.807) is 24.3 Å². The topological polar surface area (TPSA) is 93.2 Å². The van der Waals surface area contributed by atoms with Crippen molar-refractivity contribution in [3.05, 3.63) is 77.7 Å². The molecular weight excluding hydrogens is 368 g/mol. The Bertz CT molecular complexity index is 999. The van der Waals surface area contributed by atoms with Gasteiger partial charge in [-0.05, 0) is 41.8 Å². The van der Waals surface area contributed by atoms with E-state index >= 15 is 0 Å². The van der Waals surface area contributed by atoms with Crippen LogP contribution < -0.4 is 10.6 Å². The van der Waals surface area contributed by atoms with Gasteiger partial charge in [0.2, 0.25) is 0 Å². The van der Waals surface area contributed by atoms with Gasteiger partial charge in [-0.15, -0.1) is 0 Å². The summed E-state index contributed by atoms with van der Waals surface area (Å²) in [4.78, 5) is 32.4. The van der Waals surface area contributed by atoms with E-state index in [0.29, 0.717) is 11.4 Å². The van der Waals surface area contributed by atoms with Crippen molar-refractivity contribution >= 4 is 29.1 Å². The number of rotatable bonds is 6. The summed E-state index contributed by atoms with van der Waals surface area (Å²) in [6.45, 7) is 4.14. The number of methoxy groups -OCH3 is 1. The van der Waals surface area contributed by atoms with Gasteiger partial charge in [0.1, 0.15) is 11.5 Å². The summed E-state index contributed by atoms with van der Waals surface area (Å²) in [5.74, 6) is 0.0509. The van der Waals surface area contributed by atoms with Crippen molar-refractivity contribution in [2.45, 2.75) is 19.8 Å². The zero-order valence-electron chi connectivity index (χ0n) is 16.5. The smallest absolute Gasteiger partial charge is 0.337 e. The molecule has 0 fully saturated rings. The summed E-state index contributed by atoms with van der Waals surface area (Å²) >= 11 is 0. The van der Waals surface area contributed by atoms with Crippen molar-refractivity contribution in [1.29, 1.82) is 0 Å². The van der Waals surface area contributed by atoms with E-state index in [1.807, 2.05) is 24.3 Å². The van der Waals surface area contributed by atoms with Gasteiger partial charge in [-0.2, -0.15) is 0 Å². The molecule has 0 aliphatic heterocycles. The molecule has 0 radical (unpaired) electrons. The maximum absolute atomic E-state index is 12.5. The predicted molar refractivity (Wildman–Crippen MR) is 112 cm³/mol. The van der Waals surface area contributed by atoms with Gasteiger partial charge in [-0.1, -0.05) is 32.0 Å². The van der Waals surface area contributed by atoms with Gasteiger partial charge < -0.3 is 15.4 Å². The molecule has 0 unspecified atom stereocenters. The molecule has 0 saturated carbocycles. The van der Waals surface area contributed by atoms with E-state index in [-0.39, 0.29) is 17.5 Å². The van der Waals surface area contributed by atoms with Crippen LogP contribution in [0.5, 0.6) is 0 Å². The highest BCUT2D eigenvalue weighted by molar-refractivity contribution is 6.03. The van der Waals surface area contributed by atoms with Crippen molar-refractivity contribution in [1.82, 2.24) is 9.97 Å². The van der Waals surface area contributed by atoms with Crippen LogP contribution in [0.15, 0.2) is 60.9 Å². The molecule has 148 valence electrons. The summed E-state index contributed by atoms with van der Waals surface area (Å²) in [6, 6.07) is 14.5. The van der Waals surface area contributed by atoms with E-state index in [9.17, 15) is 9.59 Å². The summed E-state index contributed by atoms with van der Waals surface area (Å²) in [5.41, 5.74) is 3.23. The lowest BCUT2D eigenvalue weighted by atomic mass is 10.0. The second-order valence-electron chi connectivity index (χ2n) is 6.68. The first-order valence-electron chi connectivity index (χ1n) is 9.15. The molecule has 7 nitrogen and oxygen atoms in total. The lowest BCUT2D eigenvalue weighted by molar-refractivity contribution is 0.0600. The number of amides is 1. The molecule has 0 saturated heterocycles. The molecule has 0 atom stereocenters. The van der Waals surface area contributed by atoms with Crippen molar-refractivity contribution in [2.75, 3.05) is 17.7 Å². The number of benzene rings is 2. The monoisotopic (exact) mass is 390 g/mol. The quantitative estimate of drug-likeness (QED) is 0.607. The fourth-order valence-electron chi connectivity index (χ4n) is 2.77. The van der Waals surface area contributed by atoms with Crippen LogP contribution in [0.25, 0.3) is 0 Å². The molecule has 29 heavy (non-hydrogen) atoms. The summed E-state index contributed by atoms with van der Waals surface area (Å²) in [6.07, 6.45) is 2.90. The Morgan fingerprint density at radius 2 is 1.69 bits per heavy atom. The maximum Gasteiger partial charge on any atom is 0.337 e. The molecule has 1 aromatic heterocycles. The standard InChI is InChI=1S/C22H22N4O3/c1-14(2)17-6-4-5-7-18(17)26-21(27)19-12-24-20(13-23-19)25-16-10-8-15(9-11-16)22(28)29-3/h4-14H,1-3H3,(H,24,25)(H,26,27). The van der Waals surface area contributed by atoms with Gasteiger partial charge in [-0.25, -0.2) is 14.8 Å². The van der Waals surface area contributed by atoms with E-state index in [2.05, 4.69) is 39.2 Å². The number of hydrogen-bond donors (Lipinski definition) is 2. The van der Waals surface area contributed by atoms with E-state index < -0.39 is 5.97 Å². The minimum atomic E-state index is -0.397. The van der Waals surface area contributed by atoms with Crippen molar-refractivity contribution in [3.8, 4) is 0 Å². The van der Waals surface area contributed by atoms with Crippen LogP contribution in [0.3, 0.4) is 0 Å². The van der Waals surface area contributed by atoms with Gasteiger partial charge >= 0.3 is 5.97 Å². The van der Waals surface area contributed by atoms with Crippen LogP contribution in [0, 0.1) is 0 Å². The van der Waals surface area contributed by atoms with Crippen LogP contribution in [0.4, 0.5) is 17.2 Å². The van der Waals surface area contributed by atoms with Crippen molar-refractivity contribution in [2.24, 2.45) is 0 Å². The number of aromatic nitrogens is 2. The molecule has 1 amide bonds. The fraction of sp³-hybridized carbons (Fsp3) is 0.182. The largest absolute Gasteiger partial charge is 0.465 e. The minimum absolute atomic E-state index is 0.218. The Kier molecular flexibility index (Phi) is 6.19. The van der Waals surface area contributed by atoms with Gasteiger partial charge in [0.25, 0.3) is 5.91 Å². The van der Waals surface area contributed by atoms with Crippen LogP contribution in [0.1, 0.15) is 46.2 Å². The van der Waals surface area contributed by atoms with Gasteiger partial charge in [0, 0.05) is 11.4 Å². The van der Waals surface area contributed by atoms with Gasteiger partial charge in [0.15, 0.2) is 0 Å². The lowest BCUT2D eigenvalue weighted by Gasteiger charge is -2.13. The van der Waals surface area contributed by atoms with E-state index in [1.165, 1.54) is 19.5 Å². The fourth-order valence-corrected chi connectivity index (χ4v) is 2.77. The van der Waals surface area contributed by atoms with Crippen molar-refractivity contribution in [3.63, 3.8) is 0 Å². The number of carbonyl (C=O) groups is 2. The Hall–Kier alpha value is -3.74. The summed E-state index contributed by atoms with van der Waals surface area (Å²) in [5, 5.41) is 5.96. The third-order valence-corrected chi connectivity index (χ3v) is 4.29. The van der Waals surface area contributed by atoms with E-state index in [4.69, 9.17) is 0 Å². The molecule has 0 spiro atoms. The maximum atomic E-state index is 12.5. The normalized spacial score (nSPS) is 10.5. The zero-order chi connectivity index (χ0) is 20.8. The SMILES string of the molecule is COC(=O)c1ccc(Nc2cnc(C(=O)Nc3ccccc3C(C)C)cn2)cc1. The average Bonchev–Trinajstić information content (AvgIpc) is 2.74. The Morgan fingerprint density at radius 3 is 2.31 bits per heavy atom. The first-order chi connectivity index (χ1) is 14.0. The zero-order valence-corrected chi connectivity index (χ0v) is 16.5. The molecule has 0 aliphatic carbocycles. The molecule has 0 bridgehead atoms. The molecule has 3 aromatic rings. The number of hydrogen-bond acceptors (Lipinski definition) is 6. The number of anilines is 3. The van der Waals surface area contributed by atoms with Crippen LogP contribution >= 0.6 is 0 Å². The number of ether oxygens (including phenoxy) is 1. The minimum Gasteiger partial charge on any atom is -0.465 e. The first kappa shape index (κ1) is 20.0. The lowest BCUT2D eigenvalue weighted by Crippen LogP contribution is -2.15. The third-order valence-electron chi connectivity index (χ3n) is 4.29. The van der Waals surface area contributed by atoms with E-state index in [0.717, 1.165) is 16.9 Å². The molecular formula is C22H22N4O3. The van der Waals surface area contributed by atoms with Gasteiger partial charge in [-0.3, -0.25) is 4.79 Å². The first-order valence-corrected chi connectivity index (χ1v) is 9.15. The highest BCUT2D eigenvalue weighted by Crippen LogP contribution is 2.24. The molecule has 7 heteroatoms.